The molecule has 64 valence electrons. The first-order chi connectivity index (χ1) is 5.25. The van der Waals surface area contributed by atoms with Crippen LogP contribution in [0.1, 0.15) is 6.42 Å². The highest BCUT2D eigenvalue weighted by Gasteiger charge is 2.23. The molecule has 0 saturated carbocycles. The standard InChI is InChI=1S/C7H13NO2S/c1-8(7(9)10-2)6-3-4-11-5-6/h6H,3-5H2,1-2H3. The number of nitrogens with zero attached hydrogens (tertiary/aromatic N) is 1. The maximum absolute atomic E-state index is 11.0. The molecule has 1 saturated heterocycles. The predicted molar refractivity (Wildman–Crippen MR) is 45.9 cm³/mol. The molecule has 1 atom stereocenters. The van der Waals surface area contributed by atoms with E-state index in [1.165, 1.54) is 7.11 Å². The monoisotopic (exact) mass is 175 g/mol. The summed E-state index contributed by atoms with van der Waals surface area (Å²) < 4.78 is 4.60. The van der Waals surface area contributed by atoms with Crippen molar-refractivity contribution in [1.82, 2.24) is 4.90 Å². The Labute approximate surface area is 71.1 Å². The first-order valence-electron chi connectivity index (χ1n) is 3.64. The van der Waals surface area contributed by atoms with Gasteiger partial charge in [-0.05, 0) is 12.2 Å². The second kappa shape index (κ2) is 3.85. The van der Waals surface area contributed by atoms with E-state index in [0.29, 0.717) is 6.04 Å². The maximum Gasteiger partial charge on any atom is 0.409 e. The van der Waals surface area contributed by atoms with Gasteiger partial charge in [-0.15, -0.1) is 0 Å². The molecule has 1 rings (SSSR count). The average molecular weight is 175 g/mol. The van der Waals surface area contributed by atoms with Crippen molar-refractivity contribution in [2.45, 2.75) is 12.5 Å². The van der Waals surface area contributed by atoms with Crippen molar-refractivity contribution >= 4 is 17.9 Å². The lowest BCUT2D eigenvalue weighted by molar-refractivity contribution is 0.121. The number of ether oxygens (including phenoxy) is 1. The first-order valence-corrected chi connectivity index (χ1v) is 4.79. The van der Waals surface area contributed by atoms with Crippen LogP contribution in [0.2, 0.25) is 0 Å². The lowest BCUT2D eigenvalue weighted by Gasteiger charge is -2.21. The van der Waals surface area contributed by atoms with Gasteiger partial charge in [-0.2, -0.15) is 11.8 Å². The van der Waals surface area contributed by atoms with Crippen molar-refractivity contribution in [1.29, 1.82) is 0 Å². The molecule has 1 heterocycles. The Hall–Kier alpha value is -0.380. The normalized spacial score (nSPS) is 23.3. The number of rotatable bonds is 1. The lowest BCUT2D eigenvalue weighted by Crippen LogP contribution is -2.36. The highest BCUT2D eigenvalue weighted by Crippen LogP contribution is 2.21. The molecule has 1 fully saturated rings. The number of thioether (sulfide) groups is 1. The molecule has 0 radical (unpaired) electrons. The number of carbonyl (C=O) groups excluding carboxylic acids is 1. The van der Waals surface area contributed by atoms with Crippen LogP contribution in [0.3, 0.4) is 0 Å². The molecule has 1 unspecified atom stereocenters. The molecular weight excluding hydrogens is 162 g/mol. The molecule has 0 N–H and O–H groups in total. The van der Waals surface area contributed by atoms with Crippen molar-refractivity contribution in [2.75, 3.05) is 25.7 Å². The minimum Gasteiger partial charge on any atom is -0.453 e. The van der Waals surface area contributed by atoms with Gasteiger partial charge in [-0.25, -0.2) is 4.79 Å². The number of amides is 1. The molecular formula is C7H13NO2S. The smallest absolute Gasteiger partial charge is 0.409 e. The van der Waals surface area contributed by atoms with Crippen molar-refractivity contribution in [2.24, 2.45) is 0 Å². The van der Waals surface area contributed by atoms with Crippen LogP contribution in [-0.4, -0.2) is 42.7 Å². The summed E-state index contributed by atoms with van der Waals surface area (Å²) in [6.45, 7) is 0. The fraction of sp³-hybridized carbons (Fsp3) is 0.857. The fourth-order valence-corrected chi connectivity index (χ4v) is 2.39. The lowest BCUT2D eigenvalue weighted by atomic mass is 10.2. The summed E-state index contributed by atoms with van der Waals surface area (Å²) in [5, 5.41) is 0. The van der Waals surface area contributed by atoms with Gasteiger partial charge in [-0.1, -0.05) is 0 Å². The Morgan fingerprint density at radius 1 is 1.73 bits per heavy atom. The van der Waals surface area contributed by atoms with Crippen molar-refractivity contribution in [3.8, 4) is 0 Å². The molecule has 1 aliphatic heterocycles. The van der Waals surface area contributed by atoms with Crippen LogP contribution in [0.25, 0.3) is 0 Å². The predicted octanol–water partition coefficient (Wildman–Crippen LogP) is 1.19. The molecule has 1 amide bonds. The fourth-order valence-electron chi connectivity index (χ4n) is 1.12. The van der Waals surface area contributed by atoms with Gasteiger partial charge in [0.15, 0.2) is 0 Å². The largest absolute Gasteiger partial charge is 0.453 e. The van der Waals surface area contributed by atoms with E-state index in [4.69, 9.17) is 0 Å². The molecule has 3 nitrogen and oxygen atoms in total. The van der Waals surface area contributed by atoms with Gasteiger partial charge < -0.3 is 9.64 Å². The van der Waals surface area contributed by atoms with Gasteiger partial charge in [0, 0.05) is 18.8 Å². The first kappa shape index (κ1) is 8.71. The molecule has 4 heteroatoms. The zero-order chi connectivity index (χ0) is 8.27. The summed E-state index contributed by atoms with van der Waals surface area (Å²) in [4.78, 5) is 12.7. The van der Waals surface area contributed by atoms with Gasteiger partial charge in [0.25, 0.3) is 0 Å². The van der Waals surface area contributed by atoms with E-state index in [-0.39, 0.29) is 6.09 Å². The third-order valence-corrected chi connectivity index (χ3v) is 3.06. The second-order valence-electron chi connectivity index (χ2n) is 2.60. The van der Waals surface area contributed by atoms with E-state index in [9.17, 15) is 4.79 Å². The van der Waals surface area contributed by atoms with Crippen LogP contribution in [0, 0.1) is 0 Å². The van der Waals surface area contributed by atoms with Crippen LogP contribution >= 0.6 is 11.8 Å². The van der Waals surface area contributed by atoms with Gasteiger partial charge in [0.2, 0.25) is 0 Å². The number of carbonyl (C=O) groups is 1. The molecule has 0 aliphatic carbocycles. The summed E-state index contributed by atoms with van der Waals surface area (Å²) in [5.74, 6) is 2.21. The SMILES string of the molecule is COC(=O)N(C)C1CCSC1. The van der Waals surface area contributed by atoms with Crippen LogP contribution in [0.4, 0.5) is 4.79 Å². The molecule has 0 aromatic carbocycles. The molecule has 0 aromatic heterocycles. The zero-order valence-corrected chi connectivity index (χ0v) is 7.69. The van der Waals surface area contributed by atoms with E-state index < -0.39 is 0 Å². The highest BCUT2D eigenvalue weighted by molar-refractivity contribution is 7.99. The Morgan fingerprint density at radius 3 is 2.91 bits per heavy atom. The highest BCUT2D eigenvalue weighted by atomic mass is 32.2. The number of hydrogen-bond donors (Lipinski definition) is 0. The van der Waals surface area contributed by atoms with E-state index in [1.807, 2.05) is 11.8 Å². The summed E-state index contributed by atoms with van der Waals surface area (Å²) in [7, 11) is 3.21. The average Bonchev–Trinajstić information content (AvgIpc) is 2.53. The molecule has 0 bridgehead atoms. The molecule has 0 spiro atoms. The van der Waals surface area contributed by atoms with E-state index >= 15 is 0 Å². The van der Waals surface area contributed by atoms with Gasteiger partial charge in [-0.3, -0.25) is 0 Å². The third kappa shape index (κ3) is 2.02. The van der Waals surface area contributed by atoms with Crippen LogP contribution in [0.5, 0.6) is 0 Å². The van der Waals surface area contributed by atoms with Gasteiger partial charge >= 0.3 is 6.09 Å². The molecule has 0 aromatic rings. The Balaban J connectivity index is 2.39. The minimum atomic E-state index is -0.225. The minimum absolute atomic E-state index is 0.225. The van der Waals surface area contributed by atoms with Crippen molar-refractivity contribution in [3.63, 3.8) is 0 Å². The van der Waals surface area contributed by atoms with Crippen LogP contribution in [0.15, 0.2) is 0 Å². The van der Waals surface area contributed by atoms with Gasteiger partial charge in [0.1, 0.15) is 0 Å². The Bertz CT molecular complexity index is 145. The summed E-state index contributed by atoms with van der Waals surface area (Å²) in [6.07, 6.45) is 0.869. The van der Waals surface area contributed by atoms with Crippen molar-refractivity contribution < 1.29 is 9.53 Å². The van der Waals surface area contributed by atoms with E-state index in [1.54, 1.807) is 11.9 Å². The topological polar surface area (TPSA) is 29.5 Å². The number of methoxy groups -OCH3 is 1. The maximum atomic E-state index is 11.0. The third-order valence-electron chi connectivity index (χ3n) is 1.92. The van der Waals surface area contributed by atoms with Crippen LogP contribution < -0.4 is 0 Å². The second-order valence-corrected chi connectivity index (χ2v) is 3.75. The summed E-state index contributed by atoms with van der Waals surface area (Å²) >= 11 is 1.89. The molecule has 1 aliphatic rings. The van der Waals surface area contributed by atoms with Crippen LogP contribution in [-0.2, 0) is 4.74 Å². The van der Waals surface area contributed by atoms with Crippen molar-refractivity contribution in [3.05, 3.63) is 0 Å². The quantitative estimate of drug-likeness (QED) is 0.599. The summed E-state index contributed by atoms with van der Waals surface area (Å²) in [5.41, 5.74) is 0. The van der Waals surface area contributed by atoms with E-state index in [0.717, 1.165) is 17.9 Å². The van der Waals surface area contributed by atoms with Gasteiger partial charge in [0.05, 0.1) is 7.11 Å². The summed E-state index contributed by atoms with van der Waals surface area (Å²) in [6, 6.07) is 0.382. The number of hydrogen-bond acceptors (Lipinski definition) is 3. The molecule has 11 heavy (non-hydrogen) atoms. The Morgan fingerprint density at radius 2 is 2.45 bits per heavy atom. The Kier molecular flexibility index (Phi) is 3.05. The zero-order valence-electron chi connectivity index (χ0n) is 6.87. The van der Waals surface area contributed by atoms with E-state index in [2.05, 4.69) is 4.74 Å².